The fourth-order valence-corrected chi connectivity index (χ4v) is 3.38. The number of fused-ring (bicyclic) bond motifs is 3. The van der Waals surface area contributed by atoms with E-state index >= 15 is 0 Å². The summed E-state index contributed by atoms with van der Waals surface area (Å²) in [4.78, 5) is 30.0. The van der Waals surface area contributed by atoms with Crippen LogP contribution < -0.4 is 14.5 Å². The number of azide groups is 1. The van der Waals surface area contributed by atoms with Gasteiger partial charge in [-0.05, 0) is 24.1 Å². The van der Waals surface area contributed by atoms with E-state index in [1.165, 1.54) is 4.90 Å². The first-order valence-electron chi connectivity index (χ1n) is 7.77. The van der Waals surface area contributed by atoms with Gasteiger partial charge in [-0.1, -0.05) is 5.11 Å². The Hall–Kier alpha value is -2.93. The molecule has 2 amide bonds. The Labute approximate surface area is 137 Å². The topological polar surface area (TPSA) is 108 Å². The highest BCUT2D eigenvalue weighted by atomic mass is 16.6. The number of ether oxygens (including phenoxy) is 2. The SMILES string of the molecule is [N-]=[N+]=NC[C@@H]1OC(=O)N2c3ccc(N4CCCC4=O)cc3OC[C@@H]12. The van der Waals surface area contributed by atoms with Crippen LogP contribution in [0.15, 0.2) is 23.3 Å². The number of rotatable bonds is 3. The predicted octanol–water partition coefficient (Wildman–Crippen LogP) is 2.21. The molecule has 3 aliphatic heterocycles. The zero-order valence-electron chi connectivity index (χ0n) is 12.8. The quantitative estimate of drug-likeness (QED) is 0.481. The highest BCUT2D eigenvalue weighted by Crippen LogP contribution is 2.41. The Bertz CT molecular complexity index is 760. The van der Waals surface area contributed by atoms with Gasteiger partial charge in [-0.3, -0.25) is 9.69 Å². The molecule has 0 spiro atoms. The highest BCUT2D eigenvalue weighted by molar-refractivity contribution is 5.97. The molecule has 4 rings (SSSR count). The number of anilines is 2. The van der Waals surface area contributed by atoms with Crippen LogP contribution in [0.5, 0.6) is 5.75 Å². The average Bonchev–Trinajstić information content (AvgIpc) is 3.16. The van der Waals surface area contributed by atoms with Crippen LogP contribution in [0.25, 0.3) is 10.4 Å². The summed E-state index contributed by atoms with van der Waals surface area (Å²) in [6.07, 6.45) is 0.395. The minimum Gasteiger partial charge on any atom is -0.489 e. The van der Waals surface area contributed by atoms with Crippen LogP contribution in [0, 0.1) is 0 Å². The zero-order chi connectivity index (χ0) is 16.7. The third-order valence-corrected chi connectivity index (χ3v) is 4.53. The van der Waals surface area contributed by atoms with Crippen LogP contribution in [0.1, 0.15) is 12.8 Å². The van der Waals surface area contributed by atoms with Crippen molar-refractivity contribution >= 4 is 23.4 Å². The minimum atomic E-state index is -0.526. The fourth-order valence-electron chi connectivity index (χ4n) is 3.38. The van der Waals surface area contributed by atoms with E-state index < -0.39 is 12.2 Å². The molecule has 0 aromatic heterocycles. The summed E-state index contributed by atoms with van der Waals surface area (Å²) in [6, 6.07) is 5.03. The first-order chi connectivity index (χ1) is 11.7. The first kappa shape index (κ1) is 14.6. The van der Waals surface area contributed by atoms with Gasteiger partial charge in [0.2, 0.25) is 5.91 Å². The minimum absolute atomic E-state index is 0.0719. The Kier molecular flexibility index (Phi) is 3.42. The average molecular weight is 329 g/mol. The van der Waals surface area contributed by atoms with Gasteiger partial charge in [0.25, 0.3) is 0 Å². The molecule has 3 aliphatic rings. The molecule has 0 saturated carbocycles. The predicted molar refractivity (Wildman–Crippen MR) is 84.1 cm³/mol. The second-order valence-corrected chi connectivity index (χ2v) is 5.88. The second-order valence-electron chi connectivity index (χ2n) is 5.88. The van der Waals surface area contributed by atoms with Crippen molar-refractivity contribution in [3.05, 3.63) is 28.6 Å². The van der Waals surface area contributed by atoms with Gasteiger partial charge in [-0.15, -0.1) is 0 Å². The van der Waals surface area contributed by atoms with Crippen LogP contribution >= 0.6 is 0 Å². The molecule has 0 radical (unpaired) electrons. The number of benzene rings is 1. The molecule has 2 atom stereocenters. The molecule has 24 heavy (non-hydrogen) atoms. The van der Waals surface area contributed by atoms with Crippen LogP contribution in [-0.4, -0.2) is 43.8 Å². The molecular weight excluding hydrogens is 314 g/mol. The normalized spacial score (nSPS) is 24.8. The fraction of sp³-hybridized carbons (Fsp3) is 0.467. The summed E-state index contributed by atoms with van der Waals surface area (Å²) < 4.78 is 11.1. The van der Waals surface area contributed by atoms with Crippen molar-refractivity contribution in [3.8, 4) is 5.75 Å². The first-order valence-corrected chi connectivity index (χ1v) is 7.77. The molecule has 124 valence electrons. The van der Waals surface area contributed by atoms with E-state index in [9.17, 15) is 9.59 Å². The maximum atomic E-state index is 12.2. The van der Waals surface area contributed by atoms with Crippen molar-refractivity contribution in [1.82, 2.24) is 0 Å². The molecule has 9 heteroatoms. The molecular formula is C15H15N5O4. The summed E-state index contributed by atoms with van der Waals surface area (Å²) in [7, 11) is 0. The third kappa shape index (κ3) is 2.21. The van der Waals surface area contributed by atoms with E-state index in [4.69, 9.17) is 15.0 Å². The number of nitrogens with zero attached hydrogens (tertiary/aromatic N) is 5. The summed E-state index contributed by atoms with van der Waals surface area (Å²) in [5.74, 6) is 0.642. The number of carbonyl (C=O) groups excluding carboxylic acids is 2. The van der Waals surface area contributed by atoms with Crippen molar-refractivity contribution in [2.45, 2.75) is 25.0 Å². The van der Waals surface area contributed by atoms with Crippen molar-refractivity contribution in [2.75, 3.05) is 29.5 Å². The lowest BCUT2D eigenvalue weighted by Gasteiger charge is -2.31. The lowest BCUT2D eigenvalue weighted by atomic mass is 10.1. The van der Waals surface area contributed by atoms with E-state index in [1.54, 1.807) is 17.0 Å². The smallest absolute Gasteiger partial charge is 0.415 e. The third-order valence-electron chi connectivity index (χ3n) is 4.53. The van der Waals surface area contributed by atoms with E-state index in [0.29, 0.717) is 24.4 Å². The molecule has 2 saturated heterocycles. The maximum Gasteiger partial charge on any atom is 0.415 e. The number of cyclic esters (lactones) is 1. The van der Waals surface area contributed by atoms with E-state index in [2.05, 4.69) is 10.0 Å². The van der Waals surface area contributed by atoms with E-state index in [1.807, 2.05) is 6.07 Å². The molecule has 1 aromatic carbocycles. The van der Waals surface area contributed by atoms with E-state index in [-0.39, 0.29) is 25.1 Å². The number of carbonyl (C=O) groups is 2. The summed E-state index contributed by atoms with van der Waals surface area (Å²) in [6.45, 7) is 1.02. The lowest BCUT2D eigenvalue weighted by Crippen LogP contribution is -2.45. The molecule has 0 bridgehead atoms. The Morgan fingerprint density at radius 2 is 2.25 bits per heavy atom. The van der Waals surface area contributed by atoms with Gasteiger partial charge in [0, 0.05) is 29.6 Å². The standard InChI is InChI=1S/C15H15N5O4/c16-18-17-7-13-11-8-23-12-6-9(19-5-1-2-14(19)21)3-4-10(12)20(11)15(22)24-13/h3-4,6,11,13H,1-2,5,7-8H2/t11-,13-/m0/s1. The van der Waals surface area contributed by atoms with Crippen molar-refractivity contribution < 1.29 is 19.1 Å². The summed E-state index contributed by atoms with van der Waals surface area (Å²) >= 11 is 0. The van der Waals surface area contributed by atoms with Gasteiger partial charge in [0.1, 0.15) is 24.5 Å². The highest BCUT2D eigenvalue weighted by Gasteiger charge is 2.46. The number of hydrogen-bond acceptors (Lipinski definition) is 5. The van der Waals surface area contributed by atoms with Gasteiger partial charge in [0.15, 0.2) is 0 Å². The van der Waals surface area contributed by atoms with E-state index in [0.717, 1.165) is 12.1 Å². The summed E-state index contributed by atoms with van der Waals surface area (Å²) in [5, 5.41) is 3.49. The maximum absolute atomic E-state index is 12.2. The lowest BCUT2D eigenvalue weighted by molar-refractivity contribution is -0.117. The molecule has 0 N–H and O–H groups in total. The molecule has 3 heterocycles. The van der Waals surface area contributed by atoms with Crippen molar-refractivity contribution in [1.29, 1.82) is 0 Å². The van der Waals surface area contributed by atoms with Crippen LogP contribution in [0.4, 0.5) is 16.2 Å². The van der Waals surface area contributed by atoms with Crippen molar-refractivity contribution in [3.63, 3.8) is 0 Å². The zero-order valence-corrected chi connectivity index (χ0v) is 12.8. The molecule has 9 nitrogen and oxygen atoms in total. The summed E-state index contributed by atoms with van der Waals surface area (Å²) in [5.41, 5.74) is 9.82. The van der Waals surface area contributed by atoms with Crippen LogP contribution in [-0.2, 0) is 9.53 Å². The second kappa shape index (κ2) is 5.61. The van der Waals surface area contributed by atoms with Gasteiger partial charge in [0.05, 0.1) is 12.2 Å². The Morgan fingerprint density at radius 1 is 1.38 bits per heavy atom. The molecule has 0 aliphatic carbocycles. The van der Waals surface area contributed by atoms with Gasteiger partial charge < -0.3 is 14.4 Å². The monoisotopic (exact) mass is 329 g/mol. The molecule has 2 fully saturated rings. The van der Waals surface area contributed by atoms with Gasteiger partial charge >= 0.3 is 6.09 Å². The number of amides is 2. The largest absolute Gasteiger partial charge is 0.489 e. The Morgan fingerprint density at radius 3 is 3.00 bits per heavy atom. The van der Waals surface area contributed by atoms with Crippen LogP contribution in [0.2, 0.25) is 0 Å². The van der Waals surface area contributed by atoms with Gasteiger partial charge in [-0.2, -0.15) is 0 Å². The number of hydrogen-bond donors (Lipinski definition) is 0. The Balaban J connectivity index is 1.63. The molecule has 0 unspecified atom stereocenters. The van der Waals surface area contributed by atoms with Crippen molar-refractivity contribution in [2.24, 2.45) is 5.11 Å². The van der Waals surface area contributed by atoms with Gasteiger partial charge in [-0.25, -0.2) is 4.79 Å². The van der Waals surface area contributed by atoms with Crippen LogP contribution in [0.3, 0.4) is 0 Å². The molecule has 1 aromatic rings.